The number of halogens is 3. The molecule has 0 radical (unpaired) electrons. The zero-order valence-corrected chi connectivity index (χ0v) is 18.4. The number of hydrogen-bond donors (Lipinski definition) is 5. The average molecular weight is 520 g/mol. The highest BCUT2D eigenvalue weighted by Crippen LogP contribution is 2.40. The maximum atomic E-state index is 12.5. The molecule has 1 saturated heterocycles. The van der Waals surface area contributed by atoms with Crippen LogP contribution in [0.1, 0.15) is 0 Å². The highest BCUT2D eigenvalue weighted by molar-refractivity contribution is 8.00. The molecule has 1 unspecified atom stereocenters. The first-order chi connectivity index (χ1) is 16.3. The van der Waals surface area contributed by atoms with Gasteiger partial charge in [0.1, 0.15) is 23.7 Å². The van der Waals surface area contributed by atoms with Crippen LogP contribution in [0.2, 0.25) is 0 Å². The smallest absolute Gasteiger partial charge is 0.477 e. The van der Waals surface area contributed by atoms with E-state index < -0.39 is 41.5 Å². The van der Waals surface area contributed by atoms with Crippen LogP contribution in [0.3, 0.4) is 0 Å². The van der Waals surface area contributed by atoms with Gasteiger partial charge in [-0.05, 0) is 12.1 Å². The molecule has 0 aromatic heterocycles. The Kier molecular flexibility index (Phi) is 8.93. The molecule has 0 bridgehead atoms. The van der Waals surface area contributed by atoms with Gasteiger partial charge >= 0.3 is 24.2 Å². The van der Waals surface area contributed by atoms with Crippen molar-refractivity contribution in [2.45, 2.75) is 17.6 Å². The Hall–Kier alpha value is -3.95. The predicted molar refractivity (Wildman–Crippen MR) is 114 cm³/mol. The van der Waals surface area contributed by atoms with Gasteiger partial charge in [-0.25, -0.2) is 14.4 Å². The Morgan fingerprint density at radius 3 is 2.29 bits per heavy atom. The fourth-order valence-electron chi connectivity index (χ4n) is 2.92. The molecule has 3 rings (SSSR count). The number of nitrogens with two attached hydrogens (primary N) is 1. The van der Waals surface area contributed by atoms with Gasteiger partial charge < -0.3 is 31.3 Å². The third-order valence-corrected chi connectivity index (χ3v) is 5.76. The third-order valence-electron chi connectivity index (χ3n) is 4.42. The monoisotopic (exact) mass is 520 g/mol. The second-order valence-corrected chi connectivity index (χ2v) is 7.95. The molecular weight excluding hydrogens is 501 g/mol. The van der Waals surface area contributed by atoms with Gasteiger partial charge in [-0.3, -0.25) is 14.5 Å². The number of amides is 3. The maximum absolute atomic E-state index is 12.5. The Morgan fingerprint density at radius 2 is 1.77 bits per heavy atom. The first kappa shape index (κ1) is 27.3. The summed E-state index contributed by atoms with van der Waals surface area (Å²) >= 11 is 1.28. The SMILES string of the molecule is NC(=O)OCC1=C(C(=O)O)N2C(=O)C(NC(=O)CNc3ccccc3)[C@H]2SC1.O=C(O)C(F)(F)F. The Bertz CT molecular complexity index is 1030. The van der Waals surface area contributed by atoms with Crippen LogP contribution in [0, 0.1) is 0 Å². The van der Waals surface area contributed by atoms with E-state index in [0.717, 1.165) is 10.6 Å². The van der Waals surface area contributed by atoms with E-state index in [4.69, 9.17) is 15.6 Å². The van der Waals surface area contributed by atoms with Crippen LogP contribution >= 0.6 is 11.8 Å². The number of aliphatic carboxylic acids is 2. The number of primary amides is 1. The first-order valence-corrected chi connectivity index (χ1v) is 10.6. The fourth-order valence-corrected chi connectivity index (χ4v) is 4.24. The molecule has 0 saturated carbocycles. The van der Waals surface area contributed by atoms with Gasteiger partial charge in [0.2, 0.25) is 5.91 Å². The minimum atomic E-state index is -5.08. The lowest BCUT2D eigenvalue weighted by molar-refractivity contribution is -0.192. The van der Waals surface area contributed by atoms with Crippen LogP contribution in [-0.4, -0.2) is 81.5 Å². The molecule has 190 valence electrons. The van der Waals surface area contributed by atoms with Gasteiger partial charge in [-0.15, -0.1) is 11.8 Å². The van der Waals surface area contributed by atoms with Crippen molar-refractivity contribution in [1.29, 1.82) is 0 Å². The number of carboxylic acid groups (broad SMARTS) is 2. The van der Waals surface area contributed by atoms with Gasteiger partial charge in [-0.1, -0.05) is 18.2 Å². The Labute approximate surface area is 199 Å². The summed E-state index contributed by atoms with van der Waals surface area (Å²) < 4.78 is 36.4. The molecule has 0 spiro atoms. The molecule has 1 fully saturated rings. The first-order valence-electron chi connectivity index (χ1n) is 9.53. The highest BCUT2D eigenvalue weighted by atomic mass is 32.2. The Balaban J connectivity index is 0.000000540. The molecule has 1 aromatic carbocycles. The normalized spacial score (nSPS) is 18.8. The van der Waals surface area contributed by atoms with E-state index in [1.165, 1.54) is 11.8 Å². The standard InChI is InChI=1S/C17H18N4O6S.C2HF3O2/c18-17(26)27-7-9-8-28-15-12(14(23)21(15)13(9)16(24)25)20-11(22)6-19-10-4-2-1-3-5-10;3-2(4,5)1(6)7/h1-5,12,15,19H,6-8H2,(H2,18,26)(H,20,22)(H,24,25);(H,6,7)/t12?,15-;/m1./s1. The summed E-state index contributed by atoms with van der Waals surface area (Å²) in [5, 5.41) is 21.6. The summed E-state index contributed by atoms with van der Waals surface area (Å²) in [5.74, 6) is -4.74. The molecular formula is C19H19F3N4O8S. The van der Waals surface area contributed by atoms with Gasteiger partial charge in [0.15, 0.2) is 0 Å². The van der Waals surface area contributed by atoms with E-state index in [9.17, 15) is 37.5 Å². The van der Waals surface area contributed by atoms with Crippen molar-refractivity contribution >= 4 is 47.3 Å². The molecule has 2 atom stereocenters. The summed E-state index contributed by atoms with van der Waals surface area (Å²) in [4.78, 5) is 57.0. The molecule has 35 heavy (non-hydrogen) atoms. The number of carbonyl (C=O) groups excluding carboxylic acids is 3. The number of rotatable bonds is 7. The minimum Gasteiger partial charge on any atom is -0.477 e. The molecule has 16 heteroatoms. The number of ether oxygens (including phenoxy) is 1. The maximum Gasteiger partial charge on any atom is 0.490 e. The summed E-state index contributed by atoms with van der Waals surface area (Å²) in [6.45, 7) is -0.330. The molecule has 3 amide bonds. The van der Waals surface area contributed by atoms with Crippen molar-refractivity contribution in [3.63, 3.8) is 0 Å². The number of carboxylic acids is 2. The number of benzene rings is 1. The molecule has 2 aliphatic rings. The quantitative estimate of drug-likeness (QED) is 0.318. The largest absolute Gasteiger partial charge is 0.490 e. The van der Waals surface area contributed by atoms with Gasteiger partial charge in [-0.2, -0.15) is 13.2 Å². The molecule has 6 N–H and O–H groups in total. The second-order valence-electron chi connectivity index (χ2n) is 6.84. The van der Waals surface area contributed by atoms with Crippen molar-refractivity contribution in [2.75, 3.05) is 24.2 Å². The number of nitrogens with one attached hydrogen (secondary N) is 2. The molecule has 0 aliphatic carbocycles. The lowest BCUT2D eigenvalue weighted by Gasteiger charge is -2.49. The van der Waals surface area contributed by atoms with Gasteiger partial charge in [0.05, 0.1) is 6.54 Å². The predicted octanol–water partition coefficient (Wildman–Crippen LogP) is 0.566. The number of anilines is 1. The van der Waals surface area contributed by atoms with E-state index in [-0.39, 0.29) is 36.1 Å². The number of nitrogens with zero attached hydrogens (tertiary/aromatic N) is 1. The average Bonchev–Trinajstić information content (AvgIpc) is 2.79. The fraction of sp³-hybridized carbons (Fsp3) is 0.316. The van der Waals surface area contributed by atoms with E-state index >= 15 is 0 Å². The van der Waals surface area contributed by atoms with E-state index in [2.05, 4.69) is 15.4 Å². The number of β-lactam (4-membered cyclic amide) rings is 1. The van der Waals surface area contributed by atoms with Crippen molar-refractivity contribution in [3.05, 3.63) is 41.6 Å². The van der Waals surface area contributed by atoms with Crippen LogP contribution in [-0.2, 0) is 23.9 Å². The van der Waals surface area contributed by atoms with Crippen LogP contribution in [0.25, 0.3) is 0 Å². The lowest BCUT2D eigenvalue weighted by atomic mass is 10.0. The van der Waals surface area contributed by atoms with Crippen LogP contribution in [0.15, 0.2) is 41.6 Å². The van der Waals surface area contributed by atoms with Crippen molar-refractivity contribution < 1.29 is 52.1 Å². The molecule has 2 aliphatic heterocycles. The third kappa shape index (κ3) is 7.26. The summed E-state index contributed by atoms with van der Waals surface area (Å²) in [6, 6.07) is 8.30. The summed E-state index contributed by atoms with van der Waals surface area (Å²) in [5.41, 5.74) is 5.72. The number of fused-ring (bicyclic) bond motifs is 1. The number of alkyl halides is 3. The van der Waals surface area contributed by atoms with Gasteiger partial charge in [0, 0.05) is 17.0 Å². The number of carbonyl (C=O) groups is 5. The Morgan fingerprint density at radius 1 is 1.17 bits per heavy atom. The van der Waals surface area contributed by atoms with E-state index in [1.807, 2.05) is 18.2 Å². The van der Waals surface area contributed by atoms with Crippen LogP contribution < -0.4 is 16.4 Å². The topological polar surface area (TPSA) is 188 Å². The zero-order chi connectivity index (χ0) is 26.3. The highest BCUT2D eigenvalue weighted by Gasteiger charge is 2.54. The summed E-state index contributed by atoms with van der Waals surface area (Å²) in [6.07, 6.45) is -6.12. The van der Waals surface area contributed by atoms with E-state index in [0.29, 0.717) is 0 Å². The molecule has 12 nitrogen and oxygen atoms in total. The van der Waals surface area contributed by atoms with E-state index in [1.54, 1.807) is 12.1 Å². The minimum absolute atomic E-state index is 0.0233. The van der Waals surface area contributed by atoms with Crippen molar-refractivity contribution in [3.8, 4) is 0 Å². The van der Waals surface area contributed by atoms with Gasteiger partial charge in [0.25, 0.3) is 5.91 Å². The van der Waals surface area contributed by atoms with Crippen molar-refractivity contribution in [1.82, 2.24) is 10.2 Å². The number of hydrogen-bond acceptors (Lipinski definition) is 8. The summed E-state index contributed by atoms with van der Waals surface area (Å²) in [7, 11) is 0. The lowest BCUT2D eigenvalue weighted by Crippen LogP contribution is -2.71. The number of para-hydroxylation sites is 1. The van der Waals surface area contributed by atoms with Crippen LogP contribution in [0.5, 0.6) is 0 Å². The van der Waals surface area contributed by atoms with Crippen LogP contribution in [0.4, 0.5) is 23.7 Å². The molecule has 2 heterocycles. The second kappa shape index (κ2) is 11.5. The zero-order valence-electron chi connectivity index (χ0n) is 17.6. The number of thioether (sulfide) groups is 1. The molecule has 1 aromatic rings. The van der Waals surface area contributed by atoms with Crippen molar-refractivity contribution in [2.24, 2.45) is 5.73 Å².